The Bertz CT molecular complexity index is 543. The molecule has 2 heterocycles. The van der Waals surface area contributed by atoms with Gasteiger partial charge in [-0.05, 0) is 44.4 Å². The van der Waals surface area contributed by atoms with Gasteiger partial charge in [0.2, 0.25) is 5.91 Å². The topological polar surface area (TPSA) is 49.6 Å². The molecule has 0 bridgehead atoms. The van der Waals surface area contributed by atoms with Crippen LogP contribution < -0.4 is 10.6 Å². The smallest absolute Gasteiger partial charge is 0.221 e. The Balaban J connectivity index is 1.77. The van der Waals surface area contributed by atoms with Gasteiger partial charge in [-0.3, -0.25) is 9.69 Å². The van der Waals surface area contributed by atoms with Gasteiger partial charge in [0.15, 0.2) is 0 Å². The molecule has 120 valence electrons. The fourth-order valence-electron chi connectivity index (χ4n) is 3.61. The molecule has 1 amide bonds. The van der Waals surface area contributed by atoms with Crippen LogP contribution in [0.25, 0.3) is 0 Å². The third-order valence-electron chi connectivity index (χ3n) is 4.83. The van der Waals surface area contributed by atoms with Crippen LogP contribution in [0.2, 0.25) is 5.02 Å². The Kier molecular flexibility index (Phi) is 4.89. The first-order valence-corrected chi connectivity index (χ1v) is 8.57. The number of anilines is 1. The fourth-order valence-corrected chi connectivity index (χ4v) is 3.84. The van der Waals surface area contributed by atoms with Crippen molar-refractivity contribution in [2.45, 2.75) is 32.2 Å². The normalized spacial score (nSPS) is 23.0. The van der Waals surface area contributed by atoms with Crippen LogP contribution in [0.5, 0.6) is 0 Å². The van der Waals surface area contributed by atoms with Gasteiger partial charge in [0.25, 0.3) is 0 Å². The minimum atomic E-state index is -0.177. The van der Waals surface area contributed by atoms with Crippen LogP contribution in [0.15, 0.2) is 18.2 Å². The van der Waals surface area contributed by atoms with Crippen LogP contribution in [-0.4, -0.2) is 37.0 Å². The number of likely N-dealkylation sites (tertiary alicyclic amines) is 1. The number of piperidine rings is 1. The summed E-state index contributed by atoms with van der Waals surface area (Å²) in [6.07, 6.45) is 4.43. The van der Waals surface area contributed by atoms with E-state index >= 15 is 0 Å². The summed E-state index contributed by atoms with van der Waals surface area (Å²) in [4.78, 5) is 16.2. The average Bonchev–Trinajstić information content (AvgIpc) is 3.04. The molecule has 1 aromatic carbocycles. The quantitative estimate of drug-likeness (QED) is 0.927. The van der Waals surface area contributed by atoms with Gasteiger partial charge >= 0.3 is 0 Å². The Morgan fingerprint density at radius 1 is 1.23 bits per heavy atom. The highest BCUT2D eigenvalue weighted by molar-refractivity contribution is 6.31. The monoisotopic (exact) mass is 321 g/mol. The minimum Gasteiger partial charge on any atom is -0.371 e. The van der Waals surface area contributed by atoms with Crippen LogP contribution in [-0.2, 0) is 11.3 Å². The van der Waals surface area contributed by atoms with E-state index in [4.69, 9.17) is 17.3 Å². The van der Waals surface area contributed by atoms with Crippen molar-refractivity contribution >= 4 is 23.2 Å². The highest BCUT2D eigenvalue weighted by atomic mass is 35.5. The van der Waals surface area contributed by atoms with E-state index in [-0.39, 0.29) is 11.8 Å². The second-order valence-corrected chi connectivity index (χ2v) is 6.82. The van der Waals surface area contributed by atoms with Crippen molar-refractivity contribution in [1.82, 2.24) is 4.90 Å². The second-order valence-electron chi connectivity index (χ2n) is 6.41. The first-order chi connectivity index (χ1) is 10.6. The molecule has 0 radical (unpaired) electrons. The van der Waals surface area contributed by atoms with E-state index in [1.54, 1.807) is 0 Å². The molecule has 3 rings (SSSR count). The summed E-state index contributed by atoms with van der Waals surface area (Å²) in [5, 5.41) is 0.825. The Morgan fingerprint density at radius 2 is 2.00 bits per heavy atom. The molecule has 22 heavy (non-hydrogen) atoms. The lowest BCUT2D eigenvalue weighted by molar-refractivity contribution is -0.123. The summed E-state index contributed by atoms with van der Waals surface area (Å²) in [5.41, 5.74) is 7.93. The zero-order valence-corrected chi connectivity index (χ0v) is 13.7. The van der Waals surface area contributed by atoms with Crippen molar-refractivity contribution in [3.63, 3.8) is 0 Å². The van der Waals surface area contributed by atoms with Crippen molar-refractivity contribution in [3.05, 3.63) is 28.8 Å². The van der Waals surface area contributed by atoms with Gasteiger partial charge in [-0.25, -0.2) is 0 Å². The maximum atomic E-state index is 11.5. The lowest BCUT2D eigenvalue weighted by Gasteiger charge is -2.33. The van der Waals surface area contributed by atoms with Crippen molar-refractivity contribution in [3.8, 4) is 0 Å². The zero-order chi connectivity index (χ0) is 15.5. The highest BCUT2D eigenvalue weighted by Crippen LogP contribution is 2.32. The molecule has 4 nitrogen and oxygen atoms in total. The number of carbonyl (C=O) groups is 1. The van der Waals surface area contributed by atoms with Crippen molar-refractivity contribution in [2.24, 2.45) is 11.7 Å². The number of carbonyl (C=O) groups excluding carboxylic acids is 1. The molecule has 2 aliphatic heterocycles. The molecule has 0 unspecified atom stereocenters. The summed E-state index contributed by atoms with van der Waals surface area (Å²) in [6, 6.07) is 6.16. The van der Waals surface area contributed by atoms with E-state index in [2.05, 4.69) is 15.9 Å². The van der Waals surface area contributed by atoms with Gasteiger partial charge in [-0.15, -0.1) is 0 Å². The minimum absolute atomic E-state index is 0.0218. The second kappa shape index (κ2) is 6.88. The predicted molar refractivity (Wildman–Crippen MR) is 90.1 cm³/mol. The lowest BCUT2D eigenvalue weighted by Crippen LogP contribution is -2.40. The van der Waals surface area contributed by atoms with Crippen molar-refractivity contribution < 1.29 is 4.79 Å². The number of nitrogens with two attached hydrogens (primary N) is 1. The number of halogens is 1. The number of benzene rings is 1. The number of rotatable bonds is 4. The molecule has 5 heteroatoms. The summed E-state index contributed by atoms with van der Waals surface area (Å²) in [5.74, 6) is -0.199. The maximum absolute atomic E-state index is 11.5. The summed E-state index contributed by atoms with van der Waals surface area (Å²) < 4.78 is 0. The van der Waals surface area contributed by atoms with Gasteiger partial charge < -0.3 is 10.6 Å². The Morgan fingerprint density at radius 3 is 2.73 bits per heavy atom. The Labute approximate surface area is 137 Å². The molecule has 1 aromatic rings. The number of amides is 1. The molecule has 1 atom stereocenters. The number of primary amides is 1. The molecule has 0 saturated carbocycles. The van der Waals surface area contributed by atoms with Gasteiger partial charge in [0, 0.05) is 42.5 Å². The van der Waals surface area contributed by atoms with Gasteiger partial charge in [-0.1, -0.05) is 17.7 Å². The number of hydrogen-bond acceptors (Lipinski definition) is 3. The molecule has 2 N–H and O–H groups in total. The summed E-state index contributed by atoms with van der Waals surface area (Å²) in [6.45, 7) is 4.78. The molecule has 2 saturated heterocycles. The summed E-state index contributed by atoms with van der Waals surface area (Å²) in [7, 11) is 0. The standard InChI is InChI=1S/C17H24ClN3O/c18-15-6-3-7-16(21-9-1-2-10-21)14(15)12-20-8-4-5-13(11-20)17(19)22/h3,6-7,13H,1-2,4-5,8-12H2,(H2,19,22)/t13-/m1/s1. The van der Waals surface area contributed by atoms with E-state index in [1.165, 1.54) is 24.1 Å². The summed E-state index contributed by atoms with van der Waals surface area (Å²) >= 11 is 6.48. The van der Waals surface area contributed by atoms with E-state index in [1.807, 2.05) is 12.1 Å². The maximum Gasteiger partial charge on any atom is 0.221 e. The van der Waals surface area contributed by atoms with E-state index in [0.717, 1.165) is 50.6 Å². The number of nitrogens with zero attached hydrogens (tertiary/aromatic N) is 2. The van der Waals surface area contributed by atoms with E-state index in [0.29, 0.717) is 0 Å². The van der Waals surface area contributed by atoms with Crippen molar-refractivity contribution in [1.29, 1.82) is 0 Å². The third kappa shape index (κ3) is 3.39. The molecule has 2 aliphatic rings. The predicted octanol–water partition coefficient (Wildman–Crippen LogP) is 2.64. The lowest BCUT2D eigenvalue weighted by atomic mass is 9.97. The fraction of sp³-hybridized carbons (Fsp3) is 0.588. The van der Waals surface area contributed by atoms with Crippen molar-refractivity contribution in [2.75, 3.05) is 31.1 Å². The van der Waals surface area contributed by atoms with E-state index in [9.17, 15) is 4.79 Å². The average molecular weight is 322 g/mol. The molecule has 0 aliphatic carbocycles. The first-order valence-electron chi connectivity index (χ1n) is 8.19. The van der Waals surface area contributed by atoms with Crippen LogP contribution in [0, 0.1) is 5.92 Å². The van der Waals surface area contributed by atoms with Crippen LogP contribution >= 0.6 is 11.6 Å². The third-order valence-corrected chi connectivity index (χ3v) is 5.18. The van der Waals surface area contributed by atoms with Crippen LogP contribution in [0.1, 0.15) is 31.2 Å². The van der Waals surface area contributed by atoms with Gasteiger partial charge in [0.1, 0.15) is 0 Å². The first kappa shape index (κ1) is 15.6. The van der Waals surface area contributed by atoms with Gasteiger partial charge in [-0.2, -0.15) is 0 Å². The molecular formula is C17H24ClN3O. The SMILES string of the molecule is NC(=O)[C@@H]1CCCN(Cc2c(Cl)cccc2N2CCCC2)C1. The van der Waals surface area contributed by atoms with E-state index < -0.39 is 0 Å². The van der Waals surface area contributed by atoms with Gasteiger partial charge in [0.05, 0.1) is 5.92 Å². The highest BCUT2D eigenvalue weighted by Gasteiger charge is 2.26. The number of hydrogen-bond donors (Lipinski definition) is 1. The molecule has 0 spiro atoms. The molecule has 0 aromatic heterocycles. The largest absolute Gasteiger partial charge is 0.371 e. The molecule has 2 fully saturated rings. The Hall–Kier alpha value is -1.26. The molecular weight excluding hydrogens is 298 g/mol. The van der Waals surface area contributed by atoms with Crippen LogP contribution in [0.4, 0.5) is 5.69 Å². The van der Waals surface area contributed by atoms with Crippen LogP contribution in [0.3, 0.4) is 0 Å². The zero-order valence-electron chi connectivity index (χ0n) is 12.9.